The summed E-state index contributed by atoms with van der Waals surface area (Å²) in [7, 11) is -0.827. The van der Waals surface area contributed by atoms with E-state index in [1.807, 2.05) is 27.7 Å². The molecule has 0 aliphatic carbocycles. The van der Waals surface area contributed by atoms with E-state index in [2.05, 4.69) is 5.32 Å². The Labute approximate surface area is 183 Å². The number of nitrogens with zero attached hydrogens (tertiary/aromatic N) is 1. The summed E-state index contributed by atoms with van der Waals surface area (Å²) in [4.78, 5) is 26.1. The van der Waals surface area contributed by atoms with Crippen molar-refractivity contribution < 1.29 is 28.0 Å². The summed E-state index contributed by atoms with van der Waals surface area (Å²) in [5, 5.41) is 2.75. The van der Waals surface area contributed by atoms with Crippen molar-refractivity contribution in [2.45, 2.75) is 77.7 Å². The topological polar surface area (TPSA) is 77.1 Å². The molecule has 0 atom stereocenters. The zero-order chi connectivity index (χ0) is 23.2. The molecule has 2 aliphatic heterocycles. The molecule has 3 rings (SSSR count). The number of benzene rings is 1. The predicted molar refractivity (Wildman–Crippen MR) is 116 cm³/mol. The Bertz CT molecular complexity index is 846. The first-order valence-corrected chi connectivity index (χ1v) is 10.6. The molecule has 1 aromatic rings. The maximum Gasteiger partial charge on any atom is 0.497 e. The van der Waals surface area contributed by atoms with Gasteiger partial charge in [0.2, 0.25) is 5.91 Å². The third-order valence-electron chi connectivity index (χ3n) is 5.88. The second-order valence-electron chi connectivity index (χ2n) is 10.3. The lowest BCUT2D eigenvalue weighted by atomic mass is 9.77. The van der Waals surface area contributed by atoms with E-state index in [0.717, 1.165) is 0 Å². The van der Waals surface area contributed by atoms with Gasteiger partial charge in [-0.25, -0.2) is 9.18 Å². The first kappa shape index (κ1) is 23.5. The van der Waals surface area contributed by atoms with Gasteiger partial charge in [0.1, 0.15) is 11.4 Å². The smallest absolute Gasteiger partial charge is 0.444 e. The summed E-state index contributed by atoms with van der Waals surface area (Å²) in [6.07, 6.45) is -0.360. The second-order valence-corrected chi connectivity index (χ2v) is 10.3. The summed E-state index contributed by atoms with van der Waals surface area (Å²) in [5.74, 6) is -0.519. The number of halogens is 1. The van der Waals surface area contributed by atoms with Crippen molar-refractivity contribution in [3.63, 3.8) is 0 Å². The molecule has 2 aliphatic rings. The van der Waals surface area contributed by atoms with E-state index in [0.29, 0.717) is 18.7 Å². The number of alkyl carbamates (subject to hydrolysis) is 1. The summed E-state index contributed by atoms with van der Waals surface area (Å²) in [6.45, 7) is 13.9. The van der Waals surface area contributed by atoms with Crippen molar-refractivity contribution in [2.75, 3.05) is 13.1 Å². The van der Waals surface area contributed by atoms with Crippen LogP contribution in [0.4, 0.5) is 9.18 Å². The third kappa shape index (κ3) is 5.38. The molecule has 1 N–H and O–H groups in total. The molecular formula is C22H32BFN2O5. The van der Waals surface area contributed by atoms with Gasteiger partial charge in [-0.15, -0.1) is 0 Å². The highest BCUT2D eigenvalue weighted by molar-refractivity contribution is 6.62. The van der Waals surface area contributed by atoms with E-state index < -0.39 is 35.8 Å². The highest BCUT2D eigenvalue weighted by Gasteiger charge is 2.52. The fraction of sp³-hybridized carbons (Fsp3) is 0.636. The fourth-order valence-electron chi connectivity index (χ4n) is 3.39. The number of likely N-dealkylation sites (tertiary alicyclic amines) is 1. The van der Waals surface area contributed by atoms with Crippen LogP contribution in [0.15, 0.2) is 18.2 Å². The fourth-order valence-corrected chi connectivity index (χ4v) is 3.39. The minimum atomic E-state index is -0.827. The molecular weight excluding hydrogens is 402 g/mol. The number of carbonyl (C=O) groups is 2. The van der Waals surface area contributed by atoms with Crippen molar-refractivity contribution in [3.8, 4) is 0 Å². The number of hydrogen-bond donors (Lipinski definition) is 1. The van der Waals surface area contributed by atoms with Gasteiger partial charge in [-0.1, -0.05) is 12.1 Å². The zero-order valence-electron chi connectivity index (χ0n) is 19.4. The second kappa shape index (κ2) is 8.09. The molecule has 2 amide bonds. The molecule has 7 nitrogen and oxygen atoms in total. The van der Waals surface area contributed by atoms with E-state index in [1.165, 1.54) is 6.07 Å². The van der Waals surface area contributed by atoms with Crippen molar-refractivity contribution >= 4 is 24.6 Å². The van der Waals surface area contributed by atoms with Crippen molar-refractivity contribution in [1.29, 1.82) is 0 Å². The minimum Gasteiger partial charge on any atom is -0.444 e. The molecule has 170 valence electrons. The standard InChI is InChI=1S/C22H32BFN2O5/c1-20(2,3)29-19(28)25-15-12-26(13-15)18(27)11-14-8-9-17(24)16(10-14)23-30-21(4,5)22(6,7)31-23/h8-10,15H,11-13H2,1-7H3,(H,25,28). The van der Waals surface area contributed by atoms with Crippen LogP contribution in [0.3, 0.4) is 0 Å². The summed E-state index contributed by atoms with van der Waals surface area (Å²) in [5.41, 5.74) is -0.759. The molecule has 2 fully saturated rings. The maximum atomic E-state index is 14.5. The Kier molecular flexibility index (Phi) is 6.14. The van der Waals surface area contributed by atoms with Crippen molar-refractivity contribution in [1.82, 2.24) is 10.2 Å². The first-order chi connectivity index (χ1) is 14.2. The lowest BCUT2D eigenvalue weighted by Gasteiger charge is -2.39. The van der Waals surface area contributed by atoms with Crippen LogP contribution in [0.5, 0.6) is 0 Å². The van der Waals surface area contributed by atoms with Gasteiger partial charge in [-0.3, -0.25) is 4.79 Å². The number of hydrogen-bond acceptors (Lipinski definition) is 5. The zero-order valence-corrected chi connectivity index (χ0v) is 19.4. The third-order valence-corrected chi connectivity index (χ3v) is 5.88. The molecule has 2 saturated heterocycles. The minimum absolute atomic E-state index is 0.0892. The van der Waals surface area contributed by atoms with Gasteiger partial charge in [0.15, 0.2) is 0 Å². The molecule has 9 heteroatoms. The largest absolute Gasteiger partial charge is 0.497 e. The van der Waals surface area contributed by atoms with Gasteiger partial charge in [0.25, 0.3) is 0 Å². The molecule has 2 heterocycles. The van der Waals surface area contributed by atoms with Crippen LogP contribution in [0, 0.1) is 5.82 Å². The lowest BCUT2D eigenvalue weighted by molar-refractivity contribution is -0.135. The Morgan fingerprint density at radius 3 is 2.32 bits per heavy atom. The first-order valence-electron chi connectivity index (χ1n) is 10.6. The SMILES string of the molecule is CC(C)(C)OC(=O)NC1CN(C(=O)Cc2ccc(F)c(B3OC(C)(C)C(C)(C)O3)c2)C1. The van der Waals surface area contributed by atoms with Crippen LogP contribution in [-0.2, 0) is 25.3 Å². The van der Waals surface area contributed by atoms with Crippen LogP contribution in [0.2, 0.25) is 0 Å². The molecule has 0 bridgehead atoms. The number of carbonyl (C=O) groups excluding carboxylic acids is 2. The van der Waals surface area contributed by atoms with E-state index in [1.54, 1.807) is 37.8 Å². The highest BCUT2D eigenvalue weighted by atomic mass is 19.1. The van der Waals surface area contributed by atoms with Crippen LogP contribution in [0.1, 0.15) is 54.0 Å². The molecule has 0 spiro atoms. The lowest BCUT2D eigenvalue weighted by Crippen LogP contribution is -2.61. The average Bonchev–Trinajstić information content (AvgIpc) is 2.78. The van der Waals surface area contributed by atoms with E-state index in [-0.39, 0.29) is 23.8 Å². The molecule has 0 aromatic heterocycles. The summed E-state index contributed by atoms with van der Waals surface area (Å²) < 4.78 is 31.6. The van der Waals surface area contributed by atoms with Crippen molar-refractivity contribution in [2.24, 2.45) is 0 Å². The van der Waals surface area contributed by atoms with E-state index in [9.17, 15) is 14.0 Å². The molecule has 0 saturated carbocycles. The van der Waals surface area contributed by atoms with Crippen LogP contribution >= 0.6 is 0 Å². The van der Waals surface area contributed by atoms with Gasteiger partial charge < -0.3 is 24.3 Å². The number of rotatable bonds is 4. The Morgan fingerprint density at radius 1 is 1.19 bits per heavy atom. The van der Waals surface area contributed by atoms with Crippen LogP contribution in [0.25, 0.3) is 0 Å². The molecule has 1 aromatic carbocycles. The highest BCUT2D eigenvalue weighted by Crippen LogP contribution is 2.36. The number of amides is 2. The quantitative estimate of drug-likeness (QED) is 0.737. The normalized spacial score (nSPS) is 20.4. The van der Waals surface area contributed by atoms with Gasteiger partial charge in [-0.05, 0) is 60.1 Å². The van der Waals surface area contributed by atoms with Gasteiger partial charge in [0.05, 0.1) is 23.7 Å². The van der Waals surface area contributed by atoms with Crippen molar-refractivity contribution in [3.05, 3.63) is 29.6 Å². The number of ether oxygens (including phenoxy) is 1. The summed E-state index contributed by atoms with van der Waals surface area (Å²) in [6, 6.07) is 4.43. The number of nitrogens with one attached hydrogen (secondary N) is 1. The molecule has 31 heavy (non-hydrogen) atoms. The van der Waals surface area contributed by atoms with Crippen LogP contribution < -0.4 is 10.8 Å². The Hall–Kier alpha value is -2.13. The Balaban J connectivity index is 1.56. The molecule has 0 radical (unpaired) electrons. The van der Waals surface area contributed by atoms with Gasteiger partial charge in [0, 0.05) is 18.6 Å². The van der Waals surface area contributed by atoms with Crippen LogP contribution in [-0.4, -0.2) is 60.0 Å². The maximum absolute atomic E-state index is 14.5. The Morgan fingerprint density at radius 2 is 1.77 bits per heavy atom. The monoisotopic (exact) mass is 434 g/mol. The average molecular weight is 434 g/mol. The molecule has 0 unspecified atom stereocenters. The van der Waals surface area contributed by atoms with Gasteiger partial charge >= 0.3 is 13.2 Å². The summed E-state index contributed by atoms with van der Waals surface area (Å²) >= 11 is 0. The predicted octanol–water partition coefficient (Wildman–Crippen LogP) is 2.40. The van der Waals surface area contributed by atoms with E-state index >= 15 is 0 Å². The van der Waals surface area contributed by atoms with E-state index in [4.69, 9.17) is 14.0 Å². The van der Waals surface area contributed by atoms with Gasteiger partial charge in [-0.2, -0.15) is 0 Å².